The van der Waals surface area contributed by atoms with Gasteiger partial charge in [-0.25, -0.2) is 9.18 Å². The van der Waals surface area contributed by atoms with Crippen LogP contribution in [0.25, 0.3) is 0 Å². The number of aryl methyl sites for hydroxylation is 1. The summed E-state index contributed by atoms with van der Waals surface area (Å²) in [6.07, 6.45) is 0.479. The Morgan fingerprint density at radius 1 is 1.09 bits per heavy atom. The van der Waals surface area contributed by atoms with Gasteiger partial charge in [0.1, 0.15) is 5.82 Å². The van der Waals surface area contributed by atoms with Gasteiger partial charge in [0, 0.05) is 0 Å². The third-order valence-corrected chi connectivity index (χ3v) is 3.60. The zero-order valence-corrected chi connectivity index (χ0v) is 12.2. The number of imide groups is 1. The smallest absolute Gasteiger partial charge is 0.324 e. The molecule has 2 aromatic rings. The van der Waals surface area contributed by atoms with Gasteiger partial charge in [-0.1, -0.05) is 30.2 Å². The summed E-state index contributed by atoms with van der Waals surface area (Å²) in [7, 11) is 0. The Morgan fingerprint density at radius 2 is 1.70 bits per heavy atom. The second-order valence-corrected chi connectivity index (χ2v) is 4.98. The van der Waals surface area contributed by atoms with Gasteiger partial charge in [-0.05, 0) is 36.2 Å². The fourth-order valence-corrected chi connectivity index (χ4v) is 2.43. The highest BCUT2D eigenvalue weighted by Crippen LogP contribution is 2.24. The lowest BCUT2D eigenvalue weighted by Crippen LogP contribution is -2.33. The van der Waals surface area contributed by atoms with Crippen LogP contribution in [0, 0.1) is 5.82 Å². The van der Waals surface area contributed by atoms with Crippen LogP contribution >= 0.6 is 0 Å². The number of hydrogen-bond donors (Lipinski definition) is 0. The van der Waals surface area contributed by atoms with E-state index < -0.39 is 23.6 Å². The Labute approximate surface area is 131 Å². The quantitative estimate of drug-likeness (QED) is 0.817. The third-order valence-electron chi connectivity index (χ3n) is 3.60. The van der Waals surface area contributed by atoms with Crippen molar-refractivity contribution in [1.29, 1.82) is 0 Å². The molecular formula is C17H12FNO4. The van der Waals surface area contributed by atoms with Crippen LogP contribution in [-0.4, -0.2) is 22.8 Å². The van der Waals surface area contributed by atoms with E-state index in [1.165, 1.54) is 24.3 Å². The number of benzene rings is 2. The molecule has 116 valence electrons. The number of carbonyl (C=O) groups is 3. The normalized spacial score (nSPS) is 13.2. The number of nitrogens with zero attached hydrogens (tertiary/aromatic N) is 1. The molecule has 0 radical (unpaired) electrons. The molecule has 2 amide bonds. The fourth-order valence-electron chi connectivity index (χ4n) is 2.43. The zero-order valence-electron chi connectivity index (χ0n) is 12.2. The topological polar surface area (TPSA) is 63.7 Å². The molecule has 0 saturated carbocycles. The van der Waals surface area contributed by atoms with Crippen LogP contribution in [-0.2, 0) is 11.3 Å². The van der Waals surface area contributed by atoms with Crippen LogP contribution in [0.2, 0.25) is 0 Å². The molecule has 0 bridgehead atoms. The van der Waals surface area contributed by atoms with E-state index in [1.54, 1.807) is 19.1 Å². The van der Waals surface area contributed by atoms with Gasteiger partial charge in [0.2, 0.25) is 0 Å². The van der Waals surface area contributed by atoms with Gasteiger partial charge in [0.15, 0.2) is 0 Å². The Kier molecular flexibility index (Phi) is 3.65. The second kappa shape index (κ2) is 5.64. The first-order chi connectivity index (χ1) is 11.0. The number of hydrogen-bond acceptors (Lipinski definition) is 4. The molecule has 1 aliphatic rings. The number of halogens is 1. The van der Waals surface area contributed by atoms with Crippen LogP contribution < -0.4 is 0 Å². The Morgan fingerprint density at radius 3 is 2.26 bits per heavy atom. The van der Waals surface area contributed by atoms with Crippen molar-refractivity contribution >= 4 is 17.8 Å². The molecule has 3 rings (SSSR count). The maximum atomic E-state index is 13.4. The van der Waals surface area contributed by atoms with E-state index in [0.29, 0.717) is 17.0 Å². The average Bonchev–Trinajstić information content (AvgIpc) is 2.80. The lowest BCUT2D eigenvalue weighted by Gasteiger charge is -2.14. The SMILES string of the molecule is CCc1ccc(F)cc1C(=O)ON1C(=O)c2ccccc2C1=O. The van der Waals surface area contributed by atoms with Crippen molar-refractivity contribution in [2.75, 3.05) is 0 Å². The predicted molar refractivity (Wildman–Crippen MR) is 78.1 cm³/mol. The van der Waals surface area contributed by atoms with E-state index in [1.807, 2.05) is 0 Å². The summed E-state index contributed by atoms with van der Waals surface area (Å²) in [5.41, 5.74) is 0.887. The number of carbonyl (C=O) groups excluding carboxylic acids is 3. The molecule has 1 heterocycles. The van der Waals surface area contributed by atoms with E-state index in [4.69, 9.17) is 4.84 Å². The molecule has 0 fully saturated rings. The van der Waals surface area contributed by atoms with Gasteiger partial charge in [-0.15, -0.1) is 0 Å². The van der Waals surface area contributed by atoms with Gasteiger partial charge in [-0.2, -0.15) is 0 Å². The largest absolute Gasteiger partial charge is 0.364 e. The summed E-state index contributed by atoms with van der Waals surface area (Å²) in [5, 5.41) is 0.414. The molecule has 0 saturated heterocycles. The van der Waals surface area contributed by atoms with E-state index >= 15 is 0 Å². The van der Waals surface area contributed by atoms with E-state index in [-0.39, 0.29) is 16.7 Å². The van der Waals surface area contributed by atoms with Crippen molar-refractivity contribution in [3.8, 4) is 0 Å². The summed E-state index contributed by atoms with van der Waals surface area (Å²) >= 11 is 0. The van der Waals surface area contributed by atoms with Crippen LogP contribution in [0.5, 0.6) is 0 Å². The van der Waals surface area contributed by atoms with Crippen molar-refractivity contribution in [1.82, 2.24) is 5.06 Å². The van der Waals surface area contributed by atoms with Crippen molar-refractivity contribution in [2.45, 2.75) is 13.3 Å². The Bertz CT molecular complexity index is 796. The van der Waals surface area contributed by atoms with Gasteiger partial charge in [0.25, 0.3) is 11.8 Å². The predicted octanol–water partition coefficient (Wildman–Crippen LogP) is 2.76. The maximum absolute atomic E-state index is 13.4. The van der Waals surface area contributed by atoms with Crippen molar-refractivity contribution in [2.24, 2.45) is 0 Å². The average molecular weight is 313 g/mol. The van der Waals surface area contributed by atoms with Crippen LogP contribution in [0.15, 0.2) is 42.5 Å². The van der Waals surface area contributed by atoms with Crippen molar-refractivity contribution < 1.29 is 23.6 Å². The standard InChI is InChI=1S/C17H12FNO4/c1-2-10-7-8-11(18)9-14(10)17(22)23-19-15(20)12-5-3-4-6-13(12)16(19)21/h3-9H,2H2,1H3. The summed E-state index contributed by atoms with van der Waals surface area (Å²) < 4.78 is 13.4. The van der Waals surface area contributed by atoms with Crippen LogP contribution in [0.4, 0.5) is 4.39 Å². The van der Waals surface area contributed by atoms with Gasteiger partial charge in [0.05, 0.1) is 16.7 Å². The molecule has 1 aliphatic heterocycles. The Hall–Kier alpha value is -3.02. The van der Waals surface area contributed by atoms with Gasteiger partial charge >= 0.3 is 5.97 Å². The van der Waals surface area contributed by atoms with Gasteiger partial charge < -0.3 is 4.84 Å². The molecule has 6 heteroatoms. The minimum Gasteiger partial charge on any atom is -0.324 e. The third kappa shape index (κ3) is 2.48. The highest BCUT2D eigenvalue weighted by molar-refractivity contribution is 6.21. The molecule has 0 spiro atoms. The minimum absolute atomic E-state index is 0.0101. The summed E-state index contributed by atoms with van der Waals surface area (Å²) in [5.74, 6) is -2.98. The molecule has 23 heavy (non-hydrogen) atoms. The molecule has 2 aromatic carbocycles. The summed E-state index contributed by atoms with van der Waals surface area (Å²) in [6.45, 7) is 1.80. The molecule has 0 unspecified atom stereocenters. The first kappa shape index (κ1) is 14.9. The number of hydroxylamine groups is 2. The maximum Gasteiger partial charge on any atom is 0.364 e. The highest BCUT2D eigenvalue weighted by atomic mass is 19.1. The second-order valence-electron chi connectivity index (χ2n) is 4.98. The molecular weight excluding hydrogens is 301 g/mol. The molecule has 0 aromatic heterocycles. The monoisotopic (exact) mass is 313 g/mol. The molecule has 0 aliphatic carbocycles. The van der Waals surface area contributed by atoms with E-state index in [9.17, 15) is 18.8 Å². The molecule has 0 N–H and O–H groups in total. The molecule has 0 atom stereocenters. The number of rotatable bonds is 3. The van der Waals surface area contributed by atoms with E-state index in [2.05, 4.69) is 0 Å². The summed E-state index contributed by atoms with van der Waals surface area (Å²) in [6, 6.07) is 9.89. The lowest BCUT2D eigenvalue weighted by atomic mass is 10.1. The van der Waals surface area contributed by atoms with Crippen molar-refractivity contribution in [3.05, 3.63) is 70.5 Å². The Balaban J connectivity index is 1.89. The molecule has 5 nitrogen and oxygen atoms in total. The fraction of sp³-hybridized carbons (Fsp3) is 0.118. The van der Waals surface area contributed by atoms with Gasteiger partial charge in [-0.3, -0.25) is 9.59 Å². The highest BCUT2D eigenvalue weighted by Gasteiger charge is 2.39. The minimum atomic E-state index is -0.948. The zero-order chi connectivity index (χ0) is 16.6. The first-order valence-electron chi connectivity index (χ1n) is 7.01. The van der Waals surface area contributed by atoms with Crippen molar-refractivity contribution in [3.63, 3.8) is 0 Å². The lowest BCUT2D eigenvalue weighted by molar-refractivity contribution is -0.0585. The van der Waals surface area contributed by atoms with E-state index in [0.717, 1.165) is 6.07 Å². The summed E-state index contributed by atoms with van der Waals surface area (Å²) in [4.78, 5) is 41.5. The first-order valence-corrected chi connectivity index (χ1v) is 7.01. The number of fused-ring (bicyclic) bond motifs is 1. The van der Waals surface area contributed by atoms with Crippen LogP contribution in [0.1, 0.15) is 43.6 Å². The van der Waals surface area contributed by atoms with Crippen LogP contribution in [0.3, 0.4) is 0 Å². The number of amides is 2.